The molecule has 0 unspecified atom stereocenters. The van der Waals surface area contributed by atoms with Gasteiger partial charge in [-0.2, -0.15) is 0 Å². The summed E-state index contributed by atoms with van der Waals surface area (Å²) in [5, 5.41) is 0.920. The fourth-order valence-electron chi connectivity index (χ4n) is 1.04. The topological polar surface area (TPSA) is 30.7 Å². The zero-order chi connectivity index (χ0) is 9.26. The van der Waals surface area contributed by atoms with Gasteiger partial charge in [-0.05, 0) is 0 Å². The predicted molar refractivity (Wildman–Crippen MR) is 53.9 cm³/mol. The van der Waals surface area contributed by atoms with E-state index in [0.717, 1.165) is 15.7 Å². The highest BCUT2D eigenvalue weighted by molar-refractivity contribution is 7.15. The summed E-state index contributed by atoms with van der Waals surface area (Å²) >= 11 is 7.26. The van der Waals surface area contributed by atoms with Crippen LogP contribution in [0.3, 0.4) is 0 Å². The van der Waals surface area contributed by atoms with Gasteiger partial charge in [-0.25, -0.2) is 9.97 Å². The molecular weight excluding hydrogens is 206 g/mol. The predicted octanol–water partition coefficient (Wildman–Crippen LogP) is 2.28. The van der Waals surface area contributed by atoms with Crippen molar-refractivity contribution in [3.8, 4) is 10.8 Å². The van der Waals surface area contributed by atoms with Crippen LogP contribution in [0, 0.1) is 0 Å². The van der Waals surface area contributed by atoms with Gasteiger partial charge in [0.1, 0.15) is 0 Å². The van der Waals surface area contributed by atoms with Crippen molar-refractivity contribution in [2.24, 2.45) is 7.05 Å². The molecule has 0 spiro atoms. The van der Waals surface area contributed by atoms with E-state index in [2.05, 4.69) is 9.97 Å². The highest BCUT2D eigenvalue weighted by Gasteiger charge is 2.07. The van der Waals surface area contributed by atoms with Crippen LogP contribution >= 0.6 is 22.9 Å². The Kier molecular flexibility index (Phi) is 2.33. The molecule has 0 fully saturated rings. The standard InChI is InChI=1S/C8H8ClN3S/c1-12-3-2-10-7(12)8-11-5-6(4-9)13-8/h2-3,5H,4H2,1H3. The molecule has 0 saturated carbocycles. The summed E-state index contributed by atoms with van der Waals surface area (Å²) in [7, 11) is 1.95. The van der Waals surface area contributed by atoms with Gasteiger partial charge in [-0.1, -0.05) is 0 Å². The maximum Gasteiger partial charge on any atom is 0.168 e. The lowest BCUT2D eigenvalue weighted by Gasteiger charge is -1.94. The van der Waals surface area contributed by atoms with Gasteiger partial charge in [-0.15, -0.1) is 22.9 Å². The van der Waals surface area contributed by atoms with E-state index in [1.54, 1.807) is 23.7 Å². The number of aryl methyl sites for hydroxylation is 1. The lowest BCUT2D eigenvalue weighted by Crippen LogP contribution is -1.89. The summed E-state index contributed by atoms with van der Waals surface area (Å²) in [6.45, 7) is 0. The summed E-state index contributed by atoms with van der Waals surface area (Å²) in [5.74, 6) is 1.41. The minimum Gasteiger partial charge on any atom is -0.332 e. The lowest BCUT2D eigenvalue weighted by atomic mass is 10.6. The second-order valence-electron chi connectivity index (χ2n) is 2.63. The minimum absolute atomic E-state index is 0.516. The molecule has 0 saturated heterocycles. The SMILES string of the molecule is Cn1ccnc1-c1ncc(CCl)s1. The Bertz CT molecular complexity index is 407. The molecule has 0 aliphatic heterocycles. The molecule has 13 heavy (non-hydrogen) atoms. The average Bonchev–Trinajstić information content (AvgIpc) is 2.71. The van der Waals surface area contributed by atoms with Gasteiger partial charge in [0, 0.05) is 30.5 Å². The molecule has 2 aromatic heterocycles. The monoisotopic (exact) mass is 213 g/mol. The number of aromatic nitrogens is 3. The number of nitrogens with zero attached hydrogens (tertiary/aromatic N) is 3. The third-order valence-corrected chi connectivity index (χ3v) is 3.14. The van der Waals surface area contributed by atoms with E-state index in [-0.39, 0.29) is 0 Å². The van der Waals surface area contributed by atoms with Crippen molar-refractivity contribution in [1.29, 1.82) is 0 Å². The molecule has 0 amide bonds. The van der Waals surface area contributed by atoms with Crippen LogP contribution in [0.25, 0.3) is 10.8 Å². The number of hydrogen-bond acceptors (Lipinski definition) is 3. The summed E-state index contributed by atoms with van der Waals surface area (Å²) < 4.78 is 1.94. The van der Waals surface area contributed by atoms with Crippen molar-refractivity contribution < 1.29 is 0 Å². The van der Waals surface area contributed by atoms with Crippen molar-refractivity contribution >= 4 is 22.9 Å². The highest BCUT2D eigenvalue weighted by atomic mass is 35.5. The summed E-state index contributed by atoms with van der Waals surface area (Å²) in [6, 6.07) is 0. The van der Waals surface area contributed by atoms with E-state index in [4.69, 9.17) is 11.6 Å². The van der Waals surface area contributed by atoms with E-state index in [1.807, 2.05) is 17.8 Å². The molecule has 2 aromatic rings. The van der Waals surface area contributed by atoms with E-state index in [1.165, 1.54) is 0 Å². The molecule has 2 rings (SSSR count). The van der Waals surface area contributed by atoms with E-state index in [0.29, 0.717) is 5.88 Å². The molecule has 0 atom stereocenters. The summed E-state index contributed by atoms with van der Waals surface area (Å²) in [5.41, 5.74) is 0. The van der Waals surface area contributed by atoms with Crippen LogP contribution in [0.15, 0.2) is 18.6 Å². The van der Waals surface area contributed by atoms with Crippen LogP contribution in [-0.2, 0) is 12.9 Å². The first kappa shape index (κ1) is 8.72. The molecule has 5 heteroatoms. The summed E-state index contributed by atoms with van der Waals surface area (Å²) in [6.07, 6.45) is 5.45. The minimum atomic E-state index is 0.516. The first-order valence-corrected chi connectivity index (χ1v) is 5.14. The number of halogens is 1. The Labute approximate surface area is 85.0 Å². The Hall–Kier alpha value is -0.870. The van der Waals surface area contributed by atoms with E-state index in [9.17, 15) is 0 Å². The second kappa shape index (κ2) is 3.47. The van der Waals surface area contributed by atoms with Gasteiger partial charge in [0.05, 0.1) is 5.88 Å². The number of imidazole rings is 1. The van der Waals surface area contributed by atoms with E-state index < -0.39 is 0 Å². The average molecular weight is 214 g/mol. The molecule has 0 aromatic carbocycles. The first-order chi connectivity index (χ1) is 6.31. The summed E-state index contributed by atoms with van der Waals surface area (Å²) in [4.78, 5) is 9.51. The Morgan fingerprint density at radius 1 is 1.54 bits per heavy atom. The maximum atomic E-state index is 5.68. The normalized spacial score (nSPS) is 10.6. The van der Waals surface area contributed by atoms with Crippen LogP contribution in [0.5, 0.6) is 0 Å². The molecule has 0 N–H and O–H groups in total. The van der Waals surface area contributed by atoms with Crippen molar-refractivity contribution in [2.45, 2.75) is 5.88 Å². The van der Waals surface area contributed by atoms with Crippen molar-refractivity contribution in [3.63, 3.8) is 0 Å². The van der Waals surface area contributed by atoms with Crippen molar-refractivity contribution in [2.75, 3.05) is 0 Å². The number of alkyl halides is 1. The van der Waals surface area contributed by atoms with Gasteiger partial charge in [0.15, 0.2) is 10.8 Å². The van der Waals surface area contributed by atoms with E-state index >= 15 is 0 Å². The number of hydrogen-bond donors (Lipinski definition) is 0. The zero-order valence-corrected chi connectivity index (χ0v) is 8.64. The van der Waals surface area contributed by atoms with Crippen molar-refractivity contribution in [1.82, 2.24) is 14.5 Å². The molecule has 0 aliphatic rings. The van der Waals surface area contributed by atoms with Crippen LogP contribution in [0.2, 0.25) is 0 Å². The fourth-order valence-corrected chi connectivity index (χ4v) is 2.08. The highest BCUT2D eigenvalue weighted by Crippen LogP contribution is 2.23. The molecule has 3 nitrogen and oxygen atoms in total. The first-order valence-electron chi connectivity index (χ1n) is 3.79. The lowest BCUT2D eigenvalue weighted by molar-refractivity contribution is 0.922. The molecule has 0 aliphatic carbocycles. The van der Waals surface area contributed by atoms with Gasteiger partial charge < -0.3 is 4.57 Å². The Morgan fingerprint density at radius 3 is 2.92 bits per heavy atom. The third-order valence-electron chi connectivity index (χ3n) is 1.70. The Balaban J connectivity index is 2.41. The van der Waals surface area contributed by atoms with Crippen LogP contribution in [0.1, 0.15) is 4.88 Å². The van der Waals surface area contributed by atoms with Crippen molar-refractivity contribution in [3.05, 3.63) is 23.5 Å². The van der Waals surface area contributed by atoms with Gasteiger partial charge in [0.2, 0.25) is 0 Å². The number of rotatable bonds is 2. The molecule has 0 radical (unpaired) electrons. The van der Waals surface area contributed by atoms with Gasteiger partial charge in [-0.3, -0.25) is 0 Å². The zero-order valence-electron chi connectivity index (χ0n) is 7.07. The quantitative estimate of drug-likeness (QED) is 0.717. The molecule has 68 valence electrons. The maximum absolute atomic E-state index is 5.68. The largest absolute Gasteiger partial charge is 0.332 e. The number of thiazole rings is 1. The molecule has 2 heterocycles. The van der Waals surface area contributed by atoms with Gasteiger partial charge in [0.25, 0.3) is 0 Å². The van der Waals surface area contributed by atoms with Crippen LogP contribution in [-0.4, -0.2) is 14.5 Å². The molecule has 0 bridgehead atoms. The van der Waals surface area contributed by atoms with Crippen LogP contribution in [0.4, 0.5) is 0 Å². The molecular formula is C8H8ClN3S. The third kappa shape index (κ3) is 1.59. The van der Waals surface area contributed by atoms with Gasteiger partial charge >= 0.3 is 0 Å². The Morgan fingerprint density at radius 2 is 2.38 bits per heavy atom. The fraction of sp³-hybridized carbons (Fsp3) is 0.250. The second-order valence-corrected chi connectivity index (χ2v) is 4.01. The van der Waals surface area contributed by atoms with Crippen LogP contribution < -0.4 is 0 Å². The smallest absolute Gasteiger partial charge is 0.168 e.